The molecule has 0 aliphatic carbocycles. The predicted octanol–water partition coefficient (Wildman–Crippen LogP) is 3.71. The van der Waals surface area contributed by atoms with Crippen LogP contribution in [0, 0.1) is 0 Å². The summed E-state index contributed by atoms with van der Waals surface area (Å²) in [5.41, 5.74) is 3.18. The van der Waals surface area contributed by atoms with Crippen LogP contribution in [0.5, 0.6) is 0 Å². The van der Waals surface area contributed by atoms with Crippen LogP contribution in [0.25, 0.3) is 11.0 Å². The predicted molar refractivity (Wildman–Crippen MR) is 119 cm³/mol. The summed E-state index contributed by atoms with van der Waals surface area (Å²) >= 11 is 0. The van der Waals surface area contributed by atoms with Gasteiger partial charge in [0.15, 0.2) is 0 Å². The number of hydrogen-bond donors (Lipinski definition) is 2. The second-order valence-corrected chi connectivity index (χ2v) is 7.08. The molecular formula is C23H24N6O2. The average Bonchev–Trinajstić information content (AvgIpc) is 3.17. The molecule has 4 rings (SSSR count). The third kappa shape index (κ3) is 4.70. The molecule has 1 atom stereocenters. The van der Waals surface area contributed by atoms with Crippen LogP contribution < -0.4 is 10.6 Å². The zero-order valence-electron chi connectivity index (χ0n) is 17.4. The quantitative estimate of drug-likeness (QED) is 0.455. The average molecular weight is 416 g/mol. The van der Waals surface area contributed by atoms with Gasteiger partial charge in [0.2, 0.25) is 5.95 Å². The molecule has 0 spiro atoms. The SMILES string of the molecule is COCCn1c(C(C)NC(=O)c2cccc(Nc3ncccn3)c2)nc2ccccc21. The highest BCUT2D eigenvalue weighted by atomic mass is 16.5. The molecule has 1 unspecified atom stereocenters. The van der Waals surface area contributed by atoms with E-state index in [0.29, 0.717) is 24.7 Å². The van der Waals surface area contributed by atoms with E-state index in [1.165, 1.54) is 0 Å². The van der Waals surface area contributed by atoms with Crippen LogP contribution in [-0.4, -0.2) is 39.1 Å². The van der Waals surface area contributed by atoms with Crippen molar-refractivity contribution in [1.82, 2.24) is 24.8 Å². The largest absolute Gasteiger partial charge is 0.383 e. The van der Waals surface area contributed by atoms with E-state index in [4.69, 9.17) is 9.72 Å². The molecule has 0 aliphatic rings. The fraction of sp³-hybridized carbons (Fsp3) is 0.217. The van der Waals surface area contributed by atoms with Gasteiger partial charge in [-0.05, 0) is 43.3 Å². The first-order valence-corrected chi connectivity index (χ1v) is 10.0. The summed E-state index contributed by atoms with van der Waals surface area (Å²) in [6, 6.07) is 16.6. The summed E-state index contributed by atoms with van der Waals surface area (Å²) in [7, 11) is 1.67. The molecule has 2 aromatic heterocycles. The number of para-hydroxylation sites is 2. The van der Waals surface area contributed by atoms with Gasteiger partial charge in [-0.2, -0.15) is 0 Å². The minimum Gasteiger partial charge on any atom is -0.383 e. The fourth-order valence-corrected chi connectivity index (χ4v) is 3.42. The number of ether oxygens (including phenoxy) is 1. The van der Waals surface area contributed by atoms with E-state index in [1.54, 1.807) is 37.7 Å². The van der Waals surface area contributed by atoms with E-state index in [1.807, 2.05) is 43.3 Å². The topological polar surface area (TPSA) is 94.0 Å². The Bertz CT molecular complexity index is 1180. The summed E-state index contributed by atoms with van der Waals surface area (Å²) < 4.78 is 7.35. The first-order chi connectivity index (χ1) is 15.2. The van der Waals surface area contributed by atoms with E-state index < -0.39 is 0 Å². The van der Waals surface area contributed by atoms with Gasteiger partial charge in [-0.1, -0.05) is 18.2 Å². The minimum absolute atomic E-state index is 0.185. The molecule has 8 heteroatoms. The van der Waals surface area contributed by atoms with E-state index in [2.05, 4.69) is 25.2 Å². The first kappa shape index (κ1) is 20.5. The highest BCUT2D eigenvalue weighted by Gasteiger charge is 2.19. The molecule has 2 heterocycles. The number of carbonyl (C=O) groups is 1. The monoisotopic (exact) mass is 416 g/mol. The van der Waals surface area contributed by atoms with Crippen molar-refractivity contribution in [3.63, 3.8) is 0 Å². The maximum Gasteiger partial charge on any atom is 0.251 e. The number of anilines is 2. The fourth-order valence-electron chi connectivity index (χ4n) is 3.42. The molecule has 2 aromatic carbocycles. The third-order valence-corrected chi connectivity index (χ3v) is 4.88. The summed E-state index contributed by atoms with van der Waals surface area (Å²) in [5.74, 6) is 1.08. The van der Waals surface area contributed by atoms with Gasteiger partial charge in [-0.25, -0.2) is 15.0 Å². The van der Waals surface area contributed by atoms with Crippen LogP contribution >= 0.6 is 0 Å². The highest BCUT2D eigenvalue weighted by molar-refractivity contribution is 5.95. The standard InChI is InChI=1S/C23H24N6O2/c1-16(21-28-19-9-3-4-10-20(19)29(21)13-14-31-2)26-22(30)17-7-5-8-18(15-17)27-23-24-11-6-12-25-23/h3-12,15-16H,13-14H2,1-2H3,(H,26,30)(H,24,25,27). The summed E-state index contributed by atoms with van der Waals surface area (Å²) in [6.07, 6.45) is 3.31. The number of nitrogens with zero attached hydrogens (tertiary/aromatic N) is 4. The number of imidazole rings is 1. The number of nitrogens with one attached hydrogen (secondary N) is 2. The van der Waals surface area contributed by atoms with Crippen LogP contribution in [0.3, 0.4) is 0 Å². The molecule has 2 N–H and O–H groups in total. The normalized spacial score (nSPS) is 11.9. The van der Waals surface area contributed by atoms with Crippen molar-refractivity contribution >= 4 is 28.6 Å². The van der Waals surface area contributed by atoms with Crippen LogP contribution in [-0.2, 0) is 11.3 Å². The zero-order chi connectivity index (χ0) is 21.6. The third-order valence-electron chi connectivity index (χ3n) is 4.88. The second-order valence-electron chi connectivity index (χ2n) is 7.08. The lowest BCUT2D eigenvalue weighted by molar-refractivity contribution is 0.0937. The maximum atomic E-state index is 12.9. The molecule has 0 bridgehead atoms. The van der Waals surface area contributed by atoms with E-state index in [-0.39, 0.29) is 11.9 Å². The number of methoxy groups -OCH3 is 1. The van der Waals surface area contributed by atoms with Gasteiger partial charge in [0.25, 0.3) is 5.91 Å². The molecule has 8 nitrogen and oxygen atoms in total. The number of rotatable bonds is 8. The number of carbonyl (C=O) groups excluding carboxylic acids is 1. The lowest BCUT2D eigenvalue weighted by Gasteiger charge is -2.16. The van der Waals surface area contributed by atoms with Crippen LogP contribution in [0.2, 0.25) is 0 Å². The number of aromatic nitrogens is 4. The number of fused-ring (bicyclic) bond motifs is 1. The van der Waals surface area contributed by atoms with Gasteiger partial charge in [0, 0.05) is 37.3 Å². The molecule has 1 amide bonds. The second kappa shape index (κ2) is 9.36. The Hall–Kier alpha value is -3.78. The zero-order valence-corrected chi connectivity index (χ0v) is 17.4. The van der Waals surface area contributed by atoms with Gasteiger partial charge >= 0.3 is 0 Å². The summed E-state index contributed by atoms with van der Waals surface area (Å²) in [5, 5.41) is 6.16. The molecule has 4 aromatic rings. The lowest BCUT2D eigenvalue weighted by atomic mass is 10.1. The van der Waals surface area contributed by atoms with E-state index in [9.17, 15) is 4.79 Å². The van der Waals surface area contributed by atoms with Crippen molar-refractivity contribution in [1.29, 1.82) is 0 Å². The minimum atomic E-state index is -0.286. The Kier molecular flexibility index (Phi) is 6.18. The van der Waals surface area contributed by atoms with E-state index >= 15 is 0 Å². The van der Waals surface area contributed by atoms with Gasteiger partial charge in [-0.15, -0.1) is 0 Å². The molecule has 0 fully saturated rings. The molecule has 31 heavy (non-hydrogen) atoms. The maximum absolute atomic E-state index is 12.9. The van der Waals surface area contributed by atoms with Crippen molar-refractivity contribution < 1.29 is 9.53 Å². The molecule has 0 aliphatic heterocycles. The Morgan fingerprint density at radius 3 is 2.71 bits per heavy atom. The van der Waals surface area contributed by atoms with Crippen LogP contribution in [0.1, 0.15) is 29.1 Å². The van der Waals surface area contributed by atoms with Crippen molar-refractivity contribution in [3.05, 3.63) is 78.4 Å². The number of hydrogen-bond acceptors (Lipinski definition) is 6. The number of benzene rings is 2. The summed E-state index contributed by atoms with van der Waals surface area (Å²) in [6.45, 7) is 3.15. The molecular weight excluding hydrogens is 392 g/mol. The van der Waals surface area contributed by atoms with E-state index in [0.717, 1.165) is 22.5 Å². The highest BCUT2D eigenvalue weighted by Crippen LogP contribution is 2.22. The Morgan fingerprint density at radius 1 is 1.10 bits per heavy atom. The van der Waals surface area contributed by atoms with Crippen LogP contribution in [0.4, 0.5) is 11.6 Å². The molecule has 0 saturated heterocycles. The van der Waals surface area contributed by atoms with Crippen molar-refractivity contribution in [2.45, 2.75) is 19.5 Å². The Morgan fingerprint density at radius 2 is 1.90 bits per heavy atom. The van der Waals surface area contributed by atoms with Gasteiger partial charge < -0.3 is 19.9 Å². The smallest absolute Gasteiger partial charge is 0.251 e. The van der Waals surface area contributed by atoms with Crippen molar-refractivity contribution in [2.24, 2.45) is 0 Å². The van der Waals surface area contributed by atoms with Gasteiger partial charge in [0.05, 0.1) is 23.7 Å². The van der Waals surface area contributed by atoms with Gasteiger partial charge in [0.1, 0.15) is 5.82 Å². The summed E-state index contributed by atoms with van der Waals surface area (Å²) in [4.78, 5) is 26.0. The van der Waals surface area contributed by atoms with Crippen molar-refractivity contribution in [3.8, 4) is 0 Å². The molecule has 0 saturated carbocycles. The lowest BCUT2D eigenvalue weighted by Crippen LogP contribution is -2.29. The molecule has 158 valence electrons. The van der Waals surface area contributed by atoms with Crippen molar-refractivity contribution in [2.75, 3.05) is 19.0 Å². The first-order valence-electron chi connectivity index (χ1n) is 10.0. The molecule has 0 radical (unpaired) electrons. The Balaban J connectivity index is 1.53. The number of amides is 1. The van der Waals surface area contributed by atoms with Crippen LogP contribution in [0.15, 0.2) is 67.0 Å². The Labute approximate surface area is 180 Å². The van der Waals surface area contributed by atoms with Gasteiger partial charge in [-0.3, -0.25) is 4.79 Å².